The zero-order valence-corrected chi connectivity index (χ0v) is 15.0. The molecule has 0 aromatic carbocycles. The van der Waals surface area contributed by atoms with Crippen LogP contribution >= 0.6 is 0 Å². The Morgan fingerprint density at radius 2 is 2.14 bits per heavy atom. The van der Waals surface area contributed by atoms with Crippen molar-refractivity contribution in [1.29, 1.82) is 0 Å². The number of amides is 1. The fourth-order valence-corrected chi connectivity index (χ4v) is 3.01. The molecule has 1 N–H and O–H groups in total. The normalized spacial score (nSPS) is 15.7. The van der Waals surface area contributed by atoms with Gasteiger partial charge in [-0.05, 0) is 38.3 Å². The van der Waals surface area contributed by atoms with E-state index in [2.05, 4.69) is 25.5 Å². The smallest absolute Gasteiger partial charge is 0.349 e. The maximum atomic E-state index is 13.0. The van der Waals surface area contributed by atoms with E-state index >= 15 is 0 Å². The van der Waals surface area contributed by atoms with Gasteiger partial charge in [-0.25, -0.2) is 9.50 Å². The highest BCUT2D eigenvalue weighted by atomic mass is 19.4. The Morgan fingerprint density at radius 3 is 2.82 bits per heavy atom. The maximum absolute atomic E-state index is 13.0. The summed E-state index contributed by atoms with van der Waals surface area (Å²) < 4.78 is 41.9. The van der Waals surface area contributed by atoms with Crippen molar-refractivity contribution >= 4 is 11.7 Å². The highest BCUT2D eigenvalue weighted by Crippen LogP contribution is 2.43. The van der Waals surface area contributed by atoms with Gasteiger partial charge in [-0.15, -0.1) is 5.10 Å². The predicted molar refractivity (Wildman–Crippen MR) is 91.6 cm³/mol. The number of hydrogen-bond donors (Lipinski definition) is 1. The van der Waals surface area contributed by atoms with Crippen molar-refractivity contribution in [3.8, 4) is 0 Å². The van der Waals surface area contributed by atoms with Crippen LogP contribution in [0.5, 0.6) is 0 Å². The van der Waals surface area contributed by atoms with Crippen LogP contribution in [-0.4, -0.2) is 41.8 Å². The van der Waals surface area contributed by atoms with Gasteiger partial charge in [-0.2, -0.15) is 23.3 Å². The third-order valence-electron chi connectivity index (χ3n) is 4.64. The lowest BCUT2D eigenvalue weighted by molar-refractivity contribution is -0.141. The Balaban J connectivity index is 1.39. The molecule has 11 heteroatoms. The van der Waals surface area contributed by atoms with Crippen molar-refractivity contribution < 1.29 is 18.0 Å². The maximum Gasteiger partial charge on any atom is 0.435 e. The number of fused-ring (bicyclic) bond motifs is 1. The van der Waals surface area contributed by atoms with Crippen molar-refractivity contribution in [2.45, 2.75) is 44.3 Å². The third kappa shape index (κ3) is 3.69. The van der Waals surface area contributed by atoms with Gasteiger partial charge in [0.05, 0.1) is 6.04 Å². The van der Waals surface area contributed by atoms with E-state index in [1.54, 1.807) is 25.4 Å². The lowest BCUT2D eigenvalue weighted by Crippen LogP contribution is -2.27. The Morgan fingerprint density at radius 1 is 1.36 bits per heavy atom. The van der Waals surface area contributed by atoms with Gasteiger partial charge in [0.25, 0.3) is 11.7 Å². The Kier molecular flexibility index (Phi) is 4.52. The lowest BCUT2D eigenvalue weighted by atomic mass is 10.2. The number of hydrogen-bond acceptors (Lipinski definition) is 5. The number of carbonyl (C=O) groups is 1. The summed E-state index contributed by atoms with van der Waals surface area (Å²) in [6.07, 6.45) is 0.884. The fraction of sp³-hybridized carbons (Fsp3) is 0.471. The van der Waals surface area contributed by atoms with Crippen LogP contribution < -0.4 is 5.32 Å². The van der Waals surface area contributed by atoms with Gasteiger partial charge in [0, 0.05) is 30.6 Å². The molecule has 1 aliphatic rings. The fourth-order valence-electron chi connectivity index (χ4n) is 3.01. The summed E-state index contributed by atoms with van der Waals surface area (Å²) in [4.78, 5) is 20.2. The summed E-state index contributed by atoms with van der Waals surface area (Å²) in [5, 5.41) is 10.5. The van der Waals surface area contributed by atoms with Gasteiger partial charge < -0.3 is 5.32 Å². The van der Waals surface area contributed by atoms with E-state index in [1.165, 1.54) is 9.20 Å². The highest BCUT2D eigenvalue weighted by Gasteiger charge is 2.38. The average molecular weight is 393 g/mol. The van der Waals surface area contributed by atoms with Crippen LogP contribution in [-0.2, 0) is 6.18 Å². The zero-order valence-electron chi connectivity index (χ0n) is 15.0. The first kappa shape index (κ1) is 18.4. The monoisotopic (exact) mass is 393 g/mol. The molecule has 1 amide bonds. The number of rotatable bonds is 6. The van der Waals surface area contributed by atoms with Crippen molar-refractivity contribution in [3.05, 3.63) is 41.7 Å². The second kappa shape index (κ2) is 6.88. The van der Waals surface area contributed by atoms with Gasteiger partial charge in [0.1, 0.15) is 0 Å². The van der Waals surface area contributed by atoms with Crippen molar-refractivity contribution in [2.75, 3.05) is 6.54 Å². The Bertz CT molecular complexity index is 973. The van der Waals surface area contributed by atoms with E-state index in [1.807, 2.05) is 0 Å². The summed E-state index contributed by atoms with van der Waals surface area (Å²) in [5.41, 5.74) is -0.258. The quantitative estimate of drug-likeness (QED) is 0.695. The topological polar surface area (TPSA) is 90.0 Å². The second-order valence-corrected chi connectivity index (χ2v) is 6.86. The number of nitrogens with one attached hydrogen (secondary N) is 1. The molecule has 0 spiro atoms. The molecule has 4 rings (SSSR count). The largest absolute Gasteiger partial charge is 0.435 e. The Labute approximate surface area is 157 Å². The molecule has 1 fully saturated rings. The van der Waals surface area contributed by atoms with E-state index in [4.69, 9.17) is 0 Å². The zero-order chi connectivity index (χ0) is 19.9. The molecule has 148 valence electrons. The SMILES string of the molecule is C[C@@H](CCNC(=O)c1nc2ncccn2n1)n1nc(C(F)(F)F)cc1C1CC1. The molecule has 3 aromatic rings. The number of halogens is 3. The van der Waals surface area contributed by atoms with E-state index in [0.29, 0.717) is 17.9 Å². The van der Waals surface area contributed by atoms with Crippen LogP contribution in [0.3, 0.4) is 0 Å². The minimum atomic E-state index is -4.47. The van der Waals surface area contributed by atoms with Gasteiger partial charge in [0.2, 0.25) is 5.82 Å². The highest BCUT2D eigenvalue weighted by molar-refractivity contribution is 5.90. The average Bonchev–Trinajstić information content (AvgIpc) is 3.23. The number of nitrogens with zero attached hydrogens (tertiary/aromatic N) is 6. The van der Waals surface area contributed by atoms with Gasteiger partial charge >= 0.3 is 6.18 Å². The number of alkyl halides is 3. The summed E-state index contributed by atoms with van der Waals surface area (Å²) in [6, 6.07) is 2.52. The third-order valence-corrected chi connectivity index (χ3v) is 4.64. The van der Waals surface area contributed by atoms with Crippen molar-refractivity contribution in [2.24, 2.45) is 0 Å². The van der Waals surface area contributed by atoms with Crippen LogP contribution in [0.2, 0.25) is 0 Å². The number of carbonyl (C=O) groups excluding carboxylic acids is 1. The van der Waals surface area contributed by atoms with E-state index in [9.17, 15) is 18.0 Å². The van der Waals surface area contributed by atoms with E-state index in [0.717, 1.165) is 18.9 Å². The molecule has 1 aliphatic carbocycles. The van der Waals surface area contributed by atoms with Gasteiger partial charge in [-0.3, -0.25) is 9.48 Å². The summed E-state index contributed by atoms with van der Waals surface area (Å²) in [6.45, 7) is 2.05. The van der Waals surface area contributed by atoms with Crippen LogP contribution in [0.4, 0.5) is 13.2 Å². The molecule has 0 unspecified atom stereocenters. The summed E-state index contributed by atoms with van der Waals surface area (Å²) >= 11 is 0. The molecule has 3 aromatic heterocycles. The molecule has 0 saturated heterocycles. The van der Waals surface area contributed by atoms with Gasteiger partial charge in [0.15, 0.2) is 5.69 Å². The van der Waals surface area contributed by atoms with Crippen molar-refractivity contribution in [3.63, 3.8) is 0 Å². The van der Waals surface area contributed by atoms with Gasteiger partial charge in [-0.1, -0.05) is 0 Å². The molecule has 1 atom stereocenters. The van der Waals surface area contributed by atoms with E-state index in [-0.39, 0.29) is 24.3 Å². The molecule has 28 heavy (non-hydrogen) atoms. The minimum absolute atomic E-state index is 0.0107. The first-order valence-corrected chi connectivity index (χ1v) is 8.95. The molecule has 1 saturated carbocycles. The summed E-state index contributed by atoms with van der Waals surface area (Å²) in [5.74, 6) is -0.0262. The lowest BCUT2D eigenvalue weighted by Gasteiger charge is -2.15. The minimum Gasteiger partial charge on any atom is -0.349 e. The Hall–Kier alpha value is -2.98. The van der Waals surface area contributed by atoms with Crippen LogP contribution in [0, 0.1) is 0 Å². The molecule has 0 bridgehead atoms. The molecular formula is C17H18F3N7O. The first-order chi connectivity index (χ1) is 13.3. The molecule has 8 nitrogen and oxygen atoms in total. The molecular weight excluding hydrogens is 375 g/mol. The van der Waals surface area contributed by atoms with Crippen LogP contribution in [0.1, 0.15) is 60.2 Å². The summed E-state index contributed by atoms with van der Waals surface area (Å²) in [7, 11) is 0. The number of aromatic nitrogens is 6. The van der Waals surface area contributed by atoms with Crippen molar-refractivity contribution in [1.82, 2.24) is 34.7 Å². The van der Waals surface area contributed by atoms with Crippen LogP contribution in [0.25, 0.3) is 5.78 Å². The van der Waals surface area contributed by atoms with E-state index < -0.39 is 17.8 Å². The molecule has 0 radical (unpaired) electrons. The second-order valence-electron chi connectivity index (χ2n) is 6.86. The molecule has 3 heterocycles. The first-order valence-electron chi connectivity index (χ1n) is 8.95. The predicted octanol–water partition coefficient (Wildman–Crippen LogP) is 2.60. The molecule has 0 aliphatic heterocycles. The standard InChI is InChI=1S/C17H18F3N7O/c1-10(27-12(11-3-4-11)9-13(24-27)17(18,19)20)5-7-21-15(28)14-23-16-22-6-2-8-26(16)25-14/h2,6,8-11H,3-5,7H2,1H3,(H,21,28)/t10-/m0/s1. The van der Waals surface area contributed by atoms with Crippen LogP contribution in [0.15, 0.2) is 24.5 Å².